The molecule has 1 aromatic heterocycles. The molecule has 0 bridgehead atoms. The Morgan fingerprint density at radius 1 is 1.19 bits per heavy atom. The minimum absolute atomic E-state index is 0.111. The molecule has 21 heavy (non-hydrogen) atoms. The first kappa shape index (κ1) is 14.5. The highest BCUT2D eigenvalue weighted by Crippen LogP contribution is 2.23. The number of hydrogen-bond donors (Lipinski definition) is 1. The van der Waals surface area contributed by atoms with Crippen molar-refractivity contribution in [2.75, 3.05) is 14.1 Å². The number of primary amides is 1. The van der Waals surface area contributed by atoms with Gasteiger partial charge >= 0.3 is 0 Å². The Balaban J connectivity index is 2.31. The van der Waals surface area contributed by atoms with E-state index in [0.717, 1.165) is 0 Å². The average molecular weight is 285 g/mol. The number of benzene rings is 1. The highest BCUT2D eigenvalue weighted by Gasteiger charge is 2.13. The lowest BCUT2D eigenvalue weighted by atomic mass is 10.2. The molecule has 1 aromatic carbocycles. The van der Waals surface area contributed by atoms with Crippen LogP contribution in [0.25, 0.3) is 0 Å². The first-order valence-electron chi connectivity index (χ1n) is 6.23. The van der Waals surface area contributed by atoms with Crippen LogP contribution in [0.1, 0.15) is 20.7 Å². The van der Waals surface area contributed by atoms with E-state index in [1.165, 1.54) is 17.2 Å². The van der Waals surface area contributed by atoms with E-state index in [0.29, 0.717) is 11.3 Å². The van der Waals surface area contributed by atoms with Gasteiger partial charge in [-0.05, 0) is 30.3 Å². The summed E-state index contributed by atoms with van der Waals surface area (Å²) < 4.78 is 5.56. The van der Waals surface area contributed by atoms with Gasteiger partial charge in [-0.3, -0.25) is 9.59 Å². The molecular formula is C15H15N3O3. The maximum absolute atomic E-state index is 11.9. The molecule has 108 valence electrons. The zero-order chi connectivity index (χ0) is 15.4. The second-order valence-electron chi connectivity index (χ2n) is 4.55. The fourth-order valence-corrected chi connectivity index (χ4v) is 1.72. The van der Waals surface area contributed by atoms with Crippen molar-refractivity contribution in [3.63, 3.8) is 0 Å². The van der Waals surface area contributed by atoms with Crippen LogP contribution in [0.5, 0.6) is 11.6 Å². The van der Waals surface area contributed by atoms with Crippen molar-refractivity contribution in [1.29, 1.82) is 0 Å². The van der Waals surface area contributed by atoms with Crippen molar-refractivity contribution in [3.05, 3.63) is 53.7 Å². The minimum atomic E-state index is -0.626. The van der Waals surface area contributed by atoms with E-state index < -0.39 is 5.91 Å². The van der Waals surface area contributed by atoms with Gasteiger partial charge in [0.15, 0.2) is 0 Å². The lowest BCUT2D eigenvalue weighted by Gasteiger charge is -2.12. The molecule has 6 heteroatoms. The van der Waals surface area contributed by atoms with E-state index in [9.17, 15) is 9.59 Å². The van der Waals surface area contributed by atoms with Gasteiger partial charge in [-0.2, -0.15) is 0 Å². The molecular weight excluding hydrogens is 270 g/mol. The summed E-state index contributed by atoms with van der Waals surface area (Å²) in [6.07, 6.45) is 1.50. The SMILES string of the molecule is CN(C)C(=O)c1cccc(Oc2ncccc2C(N)=O)c1. The maximum Gasteiger partial charge on any atom is 0.254 e. The van der Waals surface area contributed by atoms with E-state index in [1.807, 2.05) is 0 Å². The predicted octanol–water partition coefficient (Wildman–Crippen LogP) is 1.67. The first-order chi connectivity index (χ1) is 9.99. The molecule has 6 nitrogen and oxygen atoms in total. The number of nitrogens with two attached hydrogens (primary N) is 1. The molecule has 0 saturated heterocycles. The highest BCUT2D eigenvalue weighted by molar-refractivity contribution is 5.95. The van der Waals surface area contributed by atoms with E-state index in [2.05, 4.69) is 4.98 Å². The van der Waals surface area contributed by atoms with Gasteiger partial charge in [-0.1, -0.05) is 6.07 Å². The molecule has 0 aliphatic heterocycles. The second kappa shape index (κ2) is 6.04. The smallest absolute Gasteiger partial charge is 0.254 e. The van der Waals surface area contributed by atoms with Gasteiger partial charge in [0.05, 0.1) is 0 Å². The van der Waals surface area contributed by atoms with Crippen molar-refractivity contribution in [2.24, 2.45) is 5.73 Å². The third-order valence-corrected chi connectivity index (χ3v) is 2.74. The van der Waals surface area contributed by atoms with Gasteiger partial charge in [0.2, 0.25) is 5.88 Å². The summed E-state index contributed by atoms with van der Waals surface area (Å²) >= 11 is 0. The summed E-state index contributed by atoms with van der Waals surface area (Å²) in [6.45, 7) is 0. The number of carbonyl (C=O) groups is 2. The van der Waals surface area contributed by atoms with Crippen LogP contribution in [0.4, 0.5) is 0 Å². The minimum Gasteiger partial charge on any atom is -0.438 e. The molecule has 0 aliphatic rings. The average Bonchev–Trinajstić information content (AvgIpc) is 2.47. The van der Waals surface area contributed by atoms with E-state index in [4.69, 9.17) is 10.5 Å². The largest absolute Gasteiger partial charge is 0.438 e. The molecule has 2 rings (SSSR count). The lowest BCUT2D eigenvalue weighted by molar-refractivity contribution is 0.0827. The Morgan fingerprint density at radius 2 is 1.95 bits per heavy atom. The zero-order valence-electron chi connectivity index (χ0n) is 11.7. The molecule has 0 saturated carbocycles. The number of ether oxygens (including phenoxy) is 1. The predicted molar refractivity (Wildman–Crippen MR) is 77.3 cm³/mol. The third kappa shape index (κ3) is 3.36. The maximum atomic E-state index is 11.9. The van der Waals surface area contributed by atoms with Gasteiger partial charge in [0, 0.05) is 25.9 Å². The van der Waals surface area contributed by atoms with Crippen LogP contribution in [-0.4, -0.2) is 35.8 Å². The monoisotopic (exact) mass is 285 g/mol. The summed E-state index contributed by atoms with van der Waals surface area (Å²) in [5.74, 6) is -0.251. The van der Waals surface area contributed by atoms with Crippen LogP contribution < -0.4 is 10.5 Å². The summed E-state index contributed by atoms with van der Waals surface area (Å²) in [5.41, 5.74) is 5.93. The summed E-state index contributed by atoms with van der Waals surface area (Å²) in [4.78, 5) is 28.7. The topological polar surface area (TPSA) is 85.5 Å². The molecule has 0 radical (unpaired) electrons. The molecule has 2 amide bonds. The Morgan fingerprint density at radius 3 is 2.62 bits per heavy atom. The number of nitrogens with zero attached hydrogens (tertiary/aromatic N) is 2. The lowest BCUT2D eigenvalue weighted by Crippen LogP contribution is -2.21. The van der Waals surface area contributed by atoms with Crippen molar-refractivity contribution >= 4 is 11.8 Å². The number of pyridine rings is 1. The molecule has 2 aromatic rings. The third-order valence-electron chi connectivity index (χ3n) is 2.74. The molecule has 2 N–H and O–H groups in total. The van der Waals surface area contributed by atoms with Crippen molar-refractivity contribution in [1.82, 2.24) is 9.88 Å². The first-order valence-corrected chi connectivity index (χ1v) is 6.23. The molecule has 0 aliphatic carbocycles. The van der Waals surface area contributed by atoms with Crippen LogP contribution in [0, 0.1) is 0 Å². The summed E-state index contributed by atoms with van der Waals surface area (Å²) in [6, 6.07) is 9.76. The number of aromatic nitrogens is 1. The van der Waals surface area contributed by atoms with Crippen molar-refractivity contribution < 1.29 is 14.3 Å². The van der Waals surface area contributed by atoms with Crippen LogP contribution in [-0.2, 0) is 0 Å². The Kier molecular flexibility index (Phi) is 4.18. The van der Waals surface area contributed by atoms with E-state index >= 15 is 0 Å². The molecule has 0 unspecified atom stereocenters. The van der Waals surface area contributed by atoms with Gasteiger partial charge in [-0.25, -0.2) is 4.98 Å². The fourth-order valence-electron chi connectivity index (χ4n) is 1.72. The van der Waals surface area contributed by atoms with Crippen LogP contribution in [0.3, 0.4) is 0 Å². The Bertz CT molecular complexity index is 683. The van der Waals surface area contributed by atoms with Crippen LogP contribution >= 0.6 is 0 Å². The van der Waals surface area contributed by atoms with Crippen molar-refractivity contribution in [3.8, 4) is 11.6 Å². The number of hydrogen-bond acceptors (Lipinski definition) is 4. The number of carbonyl (C=O) groups excluding carboxylic acids is 2. The van der Waals surface area contributed by atoms with Crippen molar-refractivity contribution in [2.45, 2.75) is 0 Å². The quantitative estimate of drug-likeness (QED) is 0.926. The van der Waals surface area contributed by atoms with E-state index in [-0.39, 0.29) is 17.4 Å². The second-order valence-corrected chi connectivity index (χ2v) is 4.55. The Labute approximate surface area is 122 Å². The molecule has 0 spiro atoms. The van der Waals surface area contributed by atoms with Crippen LogP contribution in [0.15, 0.2) is 42.6 Å². The fraction of sp³-hybridized carbons (Fsp3) is 0.133. The summed E-state index contributed by atoms with van der Waals surface area (Å²) in [7, 11) is 3.33. The standard InChI is InChI=1S/C15H15N3O3/c1-18(2)15(20)10-5-3-6-11(9-10)21-14-12(13(16)19)7-4-8-17-14/h3-9H,1-2H3,(H2,16,19). The zero-order valence-corrected chi connectivity index (χ0v) is 11.7. The van der Waals surface area contributed by atoms with Crippen LogP contribution in [0.2, 0.25) is 0 Å². The molecule has 1 heterocycles. The highest BCUT2D eigenvalue weighted by atomic mass is 16.5. The van der Waals surface area contributed by atoms with Gasteiger partial charge in [-0.15, -0.1) is 0 Å². The molecule has 0 atom stereocenters. The number of rotatable bonds is 4. The van der Waals surface area contributed by atoms with E-state index in [1.54, 1.807) is 44.4 Å². The van der Waals surface area contributed by atoms with Gasteiger partial charge < -0.3 is 15.4 Å². The van der Waals surface area contributed by atoms with Gasteiger partial charge in [0.25, 0.3) is 11.8 Å². The molecule has 0 fully saturated rings. The van der Waals surface area contributed by atoms with Gasteiger partial charge in [0.1, 0.15) is 11.3 Å². The number of amides is 2. The summed E-state index contributed by atoms with van der Waals surface area (Å²) in [5, 5.41) is 0. The normalized spacial score (nSPS) is 10.0. The Hall–Kier alpha value is -2.89.